The minimum absolute atomic E-state index is 0.247. The van der Waals surface area contributed by atoms with E-state index in [2.05, 4.69) is 21.0 Å². The predicted molar refractivity (Wildman–Crippen MR) is 83.7 cm³/mol. The lowest BCUT2D eigenvalue weighted by Gasteiger charge is -2.04. The molecule has 104 valence electrons. The van der Waals surface area contributed by atoms with Gasteiger partial charge in [-0.15, -0.1) is 0 Å². The zero-order valence-electron chi connectivity index (χ0n) is 10.9. The van der Waals surface area contributed by atoms with Gasteiger partial charge in [-0.3, -0.25) is 0 Å². The fourth-order valence-corrected chi connectivity index (χ4v) is 2.49. The van der Waals surface area contributed by atoms with E-state index in [9.17, 15) is 9.90 Å². The van der Waals surface area contributed by atoms with Crippen LogP contribution in [0.2, 0.25) is 0 Å². The number of nitrogens with zero attached hydrogens (tertiary/aromatic N) is 2. The van der Waals surface area contributed by atoms with E-state index in [0.29, 0.717) is 5.56 Å². The van der Waals surface area contributed by atoms with Gasteiger partial charge in [0.2, 0.25) is 0 Å². The van der Waals surface area contributed by atoms with Gasteiger partial charge in [0.25, 0.3) is 0 Å². The van der Waals surface area contributed by atoms with Crippen LogP contribution in [0.4, 0.5) is 0 Å². The monoisotopic (exact) mass is 342 g/mol. The number of carboxylic acids is 1. The number of rotatable bonds is 3. The Bertz CT molecular complexity index is 797. The molecule has 3 aromatic rings. The molecular formula is C16H11BrN2O2. The summed E-state index contributed by atoms with van der Waals surface area (Å²) < 4.78 is 2.46. The number of carboxylic acid groups (broad SMARTS) is 1. The topological polar surface area (TPSA) is 55.1 Å². The fourth-order valence-electron chi connectivity index (χ4n) is 2.13. The summed E-state index contributed by atoms with van der Waals surface area (Å²) in [5.41, 5.74) is 2.59. The summed E-state index contributed by atoms with van der Waals surface area (Å²) in [6, 6.07) is 14.9. The van der Waals surface area contributed by atoms with Crippen molar-refractivity contribution in [1.82, 2.24) is 9.78 Å². The van der Waals surface area contributed by atoms with Gasteiger partial charge >= 0.3 is 5.97 Å². The van der Waals surface area contributed by atoms with Gasteiger partial charge in [-0.1, -0.05) is 40.2 Å². The summed E-state index contributed by atoms with van der Waals surface area (Å²) in [5.74, 6) is -0.959. The van der Waals surface area contributed by atoms with Gasteiger partial charge in [0.05, 0.1) is 17.4 Å². The van der Waals surface area contributed by atoms with Crippen LogP contribution >= 0.6 is 15.9 Å². The number of hydrogen-bond donors (Lipinski definition) is 1. The zero-order chi connectivity index (χ0) is 14.8. The lowest BCUT2D eigenvalue weighted by molar-refractivity contribution is 0.0697. The normalized spacial score (nSPS) is 10.5. The molecule has 2 aromatic carbocycles. The molecule has 21 heavy (non-hydrogen) atoms. The van der Waals surface area contributed by atoms with Crippen LogP contribution in [0.5, 0.6) is 0 Å². The van der Waals surface area contributed by atoms with E-state index in [0.717, 1.165) is 15.7 Å². The molecule has 0 atom stereocenters. The third-order valence-electron chi connectivity index (χ3n) is 3.13. The number of carbonyl (C=O) groups is 1. The largest absolute Gasteiger partial charge is 0.478 e. The van der Waals surface area contributed by atoms with Gasteiger partial charge in [-0.05, 0) is 29.8 Å². The number of benzene rings is 2. The number of hydrogen-bond acceptors (Lipinski definition) is 2. The van der Waals surface area contributed by atoms with Crippen molar-refractivity contribution < 1.29 is 9.90 Å². The molecule has 0 radical (unpaired) electrons. The van der Waals surface area contributed by atoms with Crippen LogP contribution < -0.4 is 0 Å². The predicted octanol–water partition coefficient (Wildman–Crippen LogP) is 4.00. The van der Waals surface area contributed by atoms with Crippen molar-refractivity contribution in [2.24, 2.45) is 0 Å². The van der Waals surface area contributed by atoms with Crippen molar-refractivity contribution >= 4 is 21.9 Å². The summed E-state index contributed by atoms with van der Waals surface area (Å²) in [5, 5.41) is 13.6. The summed E-state index contributed by atoms with van der Waals surface area (Å²) >= 11 is 3.29. The number of halogens is 1. The summed E-state index contributed by atoms with van der Waals surface area (Å²) in [4.78, 5) is 11.4. The third kappa shape index (κ3) is 2.73. The first kappa shape index (κ1) is 13.6. The van der Waals surface area contributed by atoms with Crippen molar-refractivity contribution in [3.05, 3.63) is 71.0 Å². The van der Waals surface area contributed by atoms with Crippen molar-refractivity contribution in [3.63, 3.8) is 0 Å². The second-order valence-corrected chi connectivity index (χ2v) is 5.42. The molecule has 0 aliphatic heterocycles. The number of aromatic carboxylic acids is 1. The van der Waals surface area contributed by atoms with Crippen LogP contribution in [0.1, 0.15) is 10.4 Å². The maximum Gasteiger partial charge on any atom is 0.336 e. The number of para-hydroxylation sites is 1. The van der Waals surface area contributed by atoms with Gasteiger partial charge in [0.15, 0.2) is 0 Å². The van der Waals surface area contributed by atoms with Crippen LogP contribution in [0.25, 0.3) is 16.8 Å². The molecule has 0 spiro atoms. The van der Waals surface area contributed by atoms with Gasteiger partial charge in [-0.2, -0.15) is 5.10 Å². The van der Waals surface area contributed by atoms with E-state index in [1.165, 1.54) is 0 Å². The van der Waals surface area contributed by atoms with Crippen LogP contribution in [0.3, 0.4) is 0 Å². The minimum Gasteiger partial charge on any atom is -0.478 e. The Kier molecular flexibility index (Phi) is 3.58. The molecule has 0 aliphatic carbocycles. The lowest BCUT2D eigenvalue weighted by atomic mass is 10.0. The van der Waals surface area contributed by atoms with Gasteiger partial charge in [0, 0.05) is 16.2 Å². The quantitative estimate of drug-likeness (QED) is 0.782. The molecule has 0 saturated heterocycles. The third-order valence-corrected chi connectivity index (χ3v) is 3.62. The van der Waals surface area contributed by atoms with Crippen LogP contribution in [0.15, 0.2) is 65.4 Å². The van der Waals surface area contributed by atoms with Crippen molar-refractivity contribution in [3.8, 4) is 16.8 Å². The highest BCUT2D eigenvalue weighted by atomic mass is 79.9. The second-order valence-electron chi connectivity index (χ2n) is 4.50. The second kappa shape index (κ2) is 5.54. The summed E-state index contributed by atoms with van der Waals surface area (Å²) in [7, 11) is 0. The molecule has 0 unspecified atom stereocenters. The molecule has 1 N–H and O–H groups in total. The smallest absolute Gasteiger partial charge is 0.336 e. The molecule has 1 heterocycles. The van der Waals surface area contributed by atoms with Crippen molar-refractivity contribution in [1.29, 1.82) is 0 Å². The SMILES string of the molecule is O=C(O)c1cc(Br)ccc1-c1cnn(-c2ccccc2)c1. The Morgan fingerprint density at radius 3 is 2.62 bits per heavy atom. The first-order valence-electron chi connectivity index (χ1n) is 6.28. The Morgan fingerprint density at radius 2 is 1.90 bits per heavy atom. The van der Waals surface area contributed by atoms with Gasteiger partial charge in [0.1, 0.15) is 0 Å². The van der Waals surface area contributed by atoms with Gasteiger partial charge in [-0.25, -0.2) is 9.48 Å². The summed E-state index contributed by atoms with van der Waals surface area (Å²) in [6.07, 6.45) is 3.49. The Balaban J connectivity index is 2.07. The molecular weight excluding hydrogens is 332 g/mol. The van der Waals surface area contributed by atoms with Gasteiger partial charge < -0.3 is 5.11 Å². The summed E-state index contributed by atoms with van der Waals surface area (Å²) in [6.45, 7) is 0. The molecule has 0 fully saturated rings. The molecule has 0 aliphatic rings. The van der Waals surface area contributed by atoms with E-state index in [1.807, 2.05) is 42.6 Å². The van der Waals surface area contributed by atoms with Crippen molar-refractivity contribution in [2.45, 2.75) is 0 Å². The van der Waals surface area contributed by atoms with Crippen LogP contribution in [0, 0.1) is 0 Å². The highest BCUT2D eigenvalue weighted by Gasteiger charge is 2.14. The average Bonchev–Trinajstić information content (AvgIpc) is 2.97. The Labute approximate surface area is 129 Å². The zero-order valence-corrected chi connectivity index (χ0v) is 12.5. The molecule has 0 amide bonds. The van der Waals surface area contributed by atoms with E-state index < -0.39 is 5.97 Å². The molecule has 0 bridgehead atoms. The molecule has 5 heteroatoms. The highest BCUT2D eigenvalue weighted by Crippen LogP contribution is 2.27. The molecule has 1 aromatic heterocycles. The van der Waals surface area contributed by atoms with Crippen LogP contribution in [-0.2, 0) is 0 Å². The first-order valence-corrected chi connectivity index (χ1v) is 7.08. The highest BCUT2D eigenvalue weighted by molar-refractivity contribution is 9.10. The average molecular weight is 343 g/mol. The molecule has 3 rings (SSSR count). The van der Waals surface area contributed by atoms with E-state index in [4.69, 9.17) is 0 Å². The molecule has 4 nitrogen and oxygen atoms in total. The standard InChI is InChI=1S/C16H11BrN2O2/c17-12-6-7-14(15(8-12)16(20)21)11-9-18-19(10-11)13-4-2-1-3-5-13/h1-10H,(H,20,21). The fraction of sp³-hybridized carbons (Fsp3) is 0. The Hall–Kier alpha value is -2.40. The van der Waals surface area contributed by atoms with Crippen LogP contribution in [-0.4, -0.2) is 20.9 Å². The first-order chi connectivity index (χ1) is 10.1. The van der Waals surface area contributed by atoms with Crippen molar-refractivity contribution in [2.75, 3.05) is 0 Å². The Morgan fingerprint density at radius 1 is 1.14 bits per heavy atom. The number of aromatic nitrogens is 2. The molecule has 0 saturated carbocycles. The maximum absolute atomic E-state index is 11.4. The van der Waals surface area contributed by atoms with E-state index in [-0.39, 0.29) is 5.56 Å². The van der Waals surface area contributed by atoms with E-state index >= 15 is 0 Å². The minimum atomic E-state index is -0.959. The maximum atomic E-state index is 11.4. The van der Waals surface area contributed by atoms with E-state index in [1.54, 1.807) is 23.0 Å². The lowest BCUT2D eigenvalue weighted by Crippen LogP contribution is -1.99.